The Morgan fingerprint density at radius 2 is 2.19 bits per heavy atom. The molecule has 0 spiro atoms. The molecule has 1 saturated carbocycles. The second-order valence-corrected chi connectivity index (χ2v) is 8.41. The van der Waals surface area contributed by atoms with Crippen LogP contribution in [0, 0.1) is 0 Å². The molecule has 0 saturated heterocycles. The van der Waals surface area contributed by atoms with Crippen molar-refractivity contribution < 1.29 is 14.3 Å². The van der Waals surface area contributed by atoms with E-state index in [1.165, 1.54) is 0 Å². The van der Waals surface area contributed by atoms with Crippen LogP contribution in [0.1, 0.15) is 43.1 Å². The predicted molar refractivity (Wildman–Crippen MR) is 102 cm³/mol. The van der Waals surface area contributed by atoms with Crippen molar-refractivity contribution in [2.24, 2.45) is 0 Å². The van der Waals surface area contributed by atoms with Crippen molar-refractivity contribution in [1.82, 2.24) is 14.8 Å². The number of fused-ring (bicyclic) bond motifs is 3. The monoisotopic (exact) mass is 375 g/mol. The molecule has 0 radical (unpaired) electrons. The molecular weight excluding hydrogens is 350 g/mol. The second kappa shape index (κ2) is 6.70. The molecule has 4 rings (SSSR count). The van der Waals surface area contributed by atoms with Gasteiger partial charge in [-0.2, -0.15) is 0 Å². The first kappa shape index (κ1) is 17.5. The number of thiophene rings is 1. The standard InChI is InChI=1S/C19H25N3O3S/c1-19(18(24)20-13-5-3-4-6-13)12-21-14-7-10-26-16(14)11-15(21)17(23)22(19)8-9-25-2/h7,10-11,13H,3-6,8-9,12H2,1-2H3,(H,20,24). The number of hydrogen-bond donors (Lipinski definition) is 1. The van der Waals surface area contributed by atoms with Gasteiger partial charge in [0.25, 0.3) is 5.91 Å². The third-order valence-electron chi connectivity index (χ3n) is 5.75. The van der Waals surface area contributed by atoms with Crippen LogP contribution in [-0.4, -0.2) is 53.1 Å². The number of ether oxygens (including phenoxy) is 1. The fourth-order valence-corrected chi connectivity index (χ4v) is 5.04. The zero-order valence-electron chi connectivity index (χ0n) is 15.3. The highest BCUT2D eigenvalue weighted by molar-refractivity contribution is 7.17. The van der Waals surface area contributed by atoms with Gasteiger partial charge in [-0.05, 0) is 37.3 Å². The van der Waals surface area contributed by atoms with E-state index in [9.17, 15) is 9.59 Å². The van der Waals surface area contributed by atoms with Gasteiger partial charge in [0.15, 0.2) is 0 Å². The number of nitrogens with zero attached hydrogens (tertiary/aromatic N) is 2. The molecule has 2 amide bonds. The summed E-state index contributed by atoms with van der Waals surface area (Å²) in [5, 5.41) is 5.22. The average molecular weight is 375 g/mol. The lowest BCUT2D eigenvalue weighted by Gasteiger charge is -2.44. The summed E-state index contributed by atoms with van der Waals surface area (Å²) in [6.45, 7) is 3.17. The van der Waals surface area contributed by atoms with E-state index in [-0.39, 0.29) is 17.9 Å². The van der Waals surface area contributed by atoms with Crippen LogP contribution in [0.15, 0.2) is 17.5 Å². The van der Waals surface area contributed by atoms with Crippen molar-refractivity contribution in [3.63, 3.8) is 0 Å². The van der Waals surface area contributed by atoms with Crippen molar-refractivity contribution >= 4 is 33.4 Å². The van der Waals surface area contributed by atoms with Gasteiger partial charge in [-0.25, -0.2) is 0 Å². The van der Waals surface area contributed by atoms with Crippen molar-refractivity contribution in [1.29, 1.82) is 0 Å². The maximum absolute atomic E-state index is 13.2. The molecule has 1 unspecified atom stereocenters. The Morgan fingerprint density at radius 1 is 1.42 bits per heavy atom. The van der Waals surface area contributed by atoms with Crippen molar-refractivity contribution in [2.45, 2.75) is 50.7 Å². The Bertz CT molecular complexity index is 836. The van der Waals surface area contributed by atoms with Crippen LogP contribution in [-0.2, 0) is 16.1 Å². The maximum Gasteiger partial charge on any atom is 0.271 e. The minimum absolute atomic E-state index is 0.0587. The largest absolute Gasteiger partial charge is 0.383 e. The van der Waals surface area contributed by atoms with Crippen LogP contribution in [0.5, 0.6) is 0 Å². The average Bonchev–Trinajstić information content (AvgIpc) is 3.33. The van der Waals surface area contributed by atoms with Gasteiger partial charge in [-0.1, -0.05) is 12.8 Å². The minimum Gasteiger partial charge on any atom is -0.383 e. The third-order valence-corrected chi connectivity index (χ3v) is 6.60. The Hall–Kier alpha value is -1.86. The maximum atomic E-state index is 13.2. The molecule has 26 heavy (non-hydrogen) atoms. The van der Waals surface area contributed by atoms with Crippen molar-refractivity contribution in [3.8, 4) is 0 Å². The van der Waals surface area contributed by atoms with Crippen LogP contribution < -0.4 is 5.32 Å². The Kier molecular flexibility index (Phi) is 4.52. The molecule has 1 fully saturated rings. The Morgan fingerprint density at radius 3 is 2.92 bits per heavy atom. The number of nitrogens with one attached hydrogen (secondary N) is 1. The third kappa shape index (κ3) is 2.74. The number of rotatable bonds is 5. The van der Waals surface area contributed by atoms with Gasteiger partial charge in [0, 0.05) is 19.7 Å². The van der Waals surface area contributed by atoms with Crippen molar-refractivity contribution in [2.75, 3.05) is 20.3 Å². The van der Waals surface area contributed by atoms with Crippen LogP contribution >= 0.6 is 11.3 Å². The lowest BCUT2D eigenvalue weighted by Crippen LogP contribution is -2.65. The van der Waals surface area contributed by atoms with E-state index in [1.807, 2.05) is 29.0 Å². The van der Waals surface area contributed by atoms with Gasteiger partial charge in [-0.3, -0.25) is 9.59 Å². The van der Waals surface area contributed by atoms with Gasteiger partial charge in [-0.15, -0.1) is 11.3 Å². The Labute approximate surface area is 157 Å². The summed E-state index contributed by atoms with van der Waals surface area (Å²) >= 11 is 1.62. The van der Waals surface area contributed by atoms with Gasteiger partial charge >= 0.3 is 0 Å². The number of methoxy groups -OCH3 is 1. The molecule has 140 valence electrons. The molecule has 1 aliphatic heterocycles. The molecule has 1 aliphatic carbocycles. The van der Waals surface area contributed by atoms with Gasteiger partial charge in [0.1, 0.15) is 11.2 Å². The molecular formula is C19H25N3O3S. The summed E-state index contributed by atoms with van der Waals surface area (Å²) < 4.78 is 8.29. The van der Waals surface area contributed by atoms with E-state index in [0.717, 1.165) is 35.9 Å². The highest BCUT2D eigenvalue weighted by Crippen LogP contribution is 2.34. The molecule has 3 heterocycles. The lowest BCUT2D eigenvalue weighted by molar-refractivity contribution is -0.133. The predicted octanol–water partition coefficient (Wildman–Crippen LogP) is 2.62. The summed E-state index contributed by atoms with van der Waals surface area (Å²) in [5.41, 5.74) is 0.776. The van der Waals surface area contributed by atoms with Crippen LogP contribution in [0.3, 0.4) is 0 Å². The summed E-state index contributed by atoms with van der Waals surface area (Å²) in [4.78, 5) is 28.2. The molecule has 7 heteroatoms. The van der Waals surface area contributed by atoms with Crippen LogP contribution in [0.2, 0.25) is 0 Å². The first-order valence-corrected chi connectivity index (χ1v) is 10.1. The zero-order valence-corrected chi connectivity index (χ0v) is 16.1. The highest BCUT2D eigenvalue weighted by atomic mass is 32.1. The van der Waals surface area contributed by atoms with Gasteiger partial charge in [0.05, 0.1) is 23.4 Å². The van der Waals surface area contributed by atoms with E-state index in [2.05, 4.69) is 5.32 Å². The number of amides is 2. The highest BCUT2D eigenvalue weighted by Gasteiger charge is 2.48. The number of carbonyl (C=O) groups is 2. The second-order valence-electron chi connectivity index (χ2n) is 7.46. The van der Waals surface area contributed by atoms with Crippen molar-refractivity contribution in [3.05, 3.63) is 23.2 Å². The molecule has 0 aromatic carbocycles. The molecule has 2 aliphatic rings. The first-order valence-electron chi connectivity index (χ1n) is 9.23. The molecule has 2 aromatic rings. The summed E-state index contributed by atoms with van der Waals surface area (Å²) in [6, 6.07) is 4.19. The van der Waals surface area contributed by atoms with E-state index >= 15 is 0 Å². The number of carbonyl (C=O) groups excluding carboxylic acids is 2. The van der Waals surface area contributed by atoms with Gasteiger partial charge in [0.2, 0.25) is 5.91 Å². The molecule has 1 atom stereocenters. The van der Waals surface area contributed by atoms with E-state index < -0.39 is 5.54 Å². The Balaban J connectivity index is 1.70. The van der Waals surface area contributed by atoms with E-state index in [0.29, 0.717) is 25.4 Å². The van der Waals surface area contributed by atoms with Gasteiger partial charge < -0.3 is 19.5 Å². The quantitative estimate of drug-likeness (QED) is 0.874. The summed E-state index contributed by atoms with van der Waals surface area (Å²) in [6.07, 6.45) is 4.37. The molecule has 6 nitrogen and oxygen atoms in total. The topological polar surface area (TPSA) is 63.6 Å². The fourth-order valence-electron chi connectivity index (χ4n) is 4.22. The molecule has 2 aromatic heterocycles. The molecule has 0 bridgehead atoms. The van der Waals surface area contributed by atoms with E-state index in [4.69, 9.17) is 4.74 Å². The summed E-state index contributed by atoms with van der Waals surface area (Å²) in [7, 11) is 1.61. The van der Waals surface area contributed by atoms with E-state index in [1.54, 1.807) is 23.3 Å². The lowest BCUT2D eigenvalue weighted by atomic mass is 9.94. The zero-order chi connectivity index (χ0) is 18.3. The van der Waals surface area contributed by atoms with Crippen LogP contribution in [0.25, 0.3) is 10.2 Å². The molecule has 1 N–H and O–H groups in total. The minimum atomic E-state index is -0.918. The fraction of sp³-hybridized carbons (Fsp3) is 0.579. The number of aromatic nitrogens is 1. The first-order chi connectivity index (χ1) is 12.5. The van der Waals surface area contributed by atoms with Crippen LogP contribution in [0.4, 0.5) is 0 Å². The number of hydrogen-bond acceptors (Lipinski definition) is 4. The summed E-state index contributed by atoms with van der Waals surface area (Å²) in [5.74, 6) is -0.155. The normalized spacial score (nSPS) is 23.6. The SMILES string of the molecule is COCCN1C(=O)c2cc3sccc3n2CC1(C)C(=O)NC1CCCC1. The smallest absolute Gasteiger partial charge is 0.271 e.